The van der Waals surface area contributed by atoms with E-state index in [-0.39, 0.29) is 0 Å². The molecule has 0 N–H and O–H groups in total. The summed E-state index contributed by atoms with van der Waals surface area (Å²) in [5.74, 6) is 0. The van der Waals surface area contributed by atoms with Crippen LogP contribution in [0.4, 0.5) is 5.69 Å². The predicted molar refractivity (Wildman–Crippen MR) is 80.3 cm³/mol. The number of nitrogens with zero attached hydrogens (tertiary/aromatic N) is 1. The minimum absolute atomic E-state index is 0.378. The zero-order chi connectivity index (χ0) is 13.1. The Bertz CT molecular complexity index is 526. The molecule has 98 valence electrons. The molecule has 0 aromatic heterocycles. The molecule has 1 aromatic rings. The quantitative estimate of drug-likeness (QED) is 0.800. The Morgan fingerprint density at radius 1 is 1.26 bits per heavy atom. The molecule has 2 nitrogen and oxygen atoms in total. The zero-order valence-electron chi connectivity index (χ0n) is 11.1. The van der Waals surface area contributed by atoms with Crippen LogP contribution in [0.1, 0.15) is 12.0 Å². The fraction of sp³-hybridized carbons (Fsp3) is 0.294. The van der Waals surface area contributed by atoms with E-state index in [1.54, 1.807) is 0 Å². The molecule has 2 heteroatoms. The van der Waals surface area contributed by atoms with Crippen molar-refractivity contribution in [2.75, 3.05) is 24.6 Å². The maximum Gasteiger partial charge on any atom is 0.0771 e. The van der Waals surface area contributed by atoms with Crippen molar-refractivity contribution in [2.24, 2.45) is 0 Å². The van der Waals surface area contributed by atoms with Gasteiger partial charge in [0.1, 0.15) is 0 Å². The third kappa shape index (κ3) is 2.64. The molecular weight excluding hydrogens is 234 g/mol. The van der Waals surface area contributed by atoms with Crippen LogP contribution in [0.25, 0.3) is 5.57 Å². The largest absolute Gasteiger partial charge is 0.376 e. The lowest BCUT2D eigenvalue weighted by atomic mass is 10.0. The number of fused-ring (bicyclic) bond motifs is 1. The number of ether oxygens (including phenoxy) is 1. The fourth-order valence-corrected chi connectivity index (χ4v) is 2.49. The van der Waals surface area contributed by atoms with E-state index in [1.165, 1.54) is 17.7 Å². The van der Waals surface area contributed by atoms with Crippen molar-refractivity contribution in [2.45, 2.75) is 12.5 Å². The lowest BCUT2D eigenvalue weighted by Gasteiger charge is -2.34. The third-order valence-corrected chi connectivity index (χ3v) is 3.68. The summed E-state index contributed by atoms with van der Waals surface area (Å²) < 4.78 is 5.57. The Labute approximate surface area is 114 Å². The summed E-state index contributed by atoms with van der Waals surface area (Å²) in [4.78, 5) is 2.38. The number of para-hydroxylation sites is 1. The number of allylic oxidation sites excluding steroid dienone is 4. The van der Waals surface area contributed by atoms with E-state index < -0.39 is 0 Å². The molecule has 0 amide bonds. The van der Waals surface area contributed by atoms with Crippen LogP contribution in [-0.4, -0.2) is 25.8 Å². The number of anilines is 1. The van der Waals surface area contributed by atoms with Gasteiger partial charge < -0.3 is 9.64 Å². The van der Waals surface area contributed by atoms with Crippen molar-refractivity contribution < 1.29 is 4.74 Å². The van der Waals surface area contributed by atoms with Gasteiger partial charge in [0.2, 0.25) is 0 Å². The minimum atomic E-state index is 0.378. The Hall–Kier alpha value is -1.80. The molecule has 19 heavy (non-hydrogen) atoms. The normalized spacial score (nSPS) is 25.6. The van der Waals surface area contributed by atoms with Crippen LogP contribution in [-0.2, 0) is 4.74 Å². The van der Waals surface area contributed by atoms with Crippen LogP contribution in [0.2, 0.25) is 0 Å². The highest BCUT2D eigenvalue weighted by Gasteiger charge is 2.22. The average molecular weight is 253 g/mol. The fourth-order valence-electron chi connectivity index (χ4n) is 2.49. The van der Waals surface area contributed by atoms with Crippen molar-refractivity contribution in [1.82, 2.24) is 0 Å². The van der Waals surface area contributed by atoms with E-state index in [9.17, 15) is 0 Å². The lowest BCUT2D eigenvalue weighted by molar-refractivity contribution is -0.0443. The molecule has 0 saturated carbocycles. The number of hydrogen-bond donors (Lipinski definition) is 0. The van der Waals surface area contributed by atoms with Gasteiger partial charge in [-0.2, -0.15) is 0 Å². The second-order valence-corrected chi connectivity index (χ2v) is 5.02. The van der Waals surface area contributed by atoms with Gasteiger partial charge in [-0.25, -0.2) is 0 Å². The smallest absolute Gasteiger partial charge is 0.0771 e. The molecule has 1 unspecified atom stereocenters. The number of rotatable bonds is 2. The highest BCUT2D eigenvalue weighted by atomic mass is 16.5. The lowest BCUT2D eigenvalue weighted by Crippen LogP contribution is -2.40. The third-order valence-electron chi connectivity index (χ3n) is 3.68. The Kier molecular flexibility index (Phi) is 3.51. The molecule has 1 aromatic carbocycles. The second-order valence-electron chi connectivity index (χ2n) is 5.02. The van der Waals surface area contributed by atoms with Gasteiger partial charge in [-0.3, -0.25) is 0 Å². The standard InChI is InChI=1S/C17H19NO/c1-14-7-3-2-6-11-18(13-15-10-12-19-15)17-9-5-4-8-16(14)17/h2-9,15H,1,10-13H2/b6-2-,7-3-. The summed E-state index contributed by atoms with van der Waals surface area (Å²) in [7, 11) is 0. The van der Waals surface area contributed by atoms with Gasteiger partial charge in [0.15, 0.2) is 0 Å². The average Bonchev–Trinajstić information content (AvgIpc) is 2.46. The van der Waals surface area contributed by atoms with E-state index in [1.807, 2.05) is 0 Å². The van der Waals surface area contributed by atoms with E-state index in [0.29, 0.717) is 6.10 Å². The van der Waals surface area contributed by atoms with Crippen molar-refractivity contribution in [3.8, 4) is 0 Å². The van der Waals surface area contributed by atoms with Gasteiger partial charge in [-0.05, 0) is 18.1 Å². The van der Waals surface area contributed by atoms with Crippen LogP contribution in [0.3, 0.4) is 0 Å². The van der Waals surface area contributed by atoms with Gasteiger partial charge in [-0.15, -0.1) is 0 Å². The molecule has 0 spiro atoms. The summed E-state index contributed by atoms with van der Waals surface area (Å²) in [6.45, 7) is 6.94. The Morgan fingerprint density at radius 2 is 2.11 bits per heavy atom. The molecule has 1 fully saturated rings. The zero-order valence-corrected chi connectivity index (χ0v) is 11.1. The Morgan fingerprint density at radius 3 is 2.89 bits per heavy atom. The molecule has 1 saturated heterocycles. The van der Waals surface area contributed by atoms with E-state index in [0.717, 1.165) is 25.3 Å². The predicted octanol–water partition coefficient (Wildman–Crippen LogP) is 3.42. The molecule has 0 bridgehead atoms. The molecule has 2 aliphatic heterocycles. The van der Waals surface area contributed by atoms with Crippen molar-refractivity contribution >= 4 is 11.3 Å². The summed E-state index contributed by atoms with van der Waals surface area (Å²) in [6, 6.07) is 8.47. The Balaban J connectivity index is 1.94. The molecule has 2 heterocycles. The van der Waals surface area contributed by atoms with Crippen LogP contribution in [0.5, 0.6) is 0 Å². The molecular formula is C17H19NO. The highest BCUT2D eigenvalue weighted by molar-refractivity contribution is 5.81. The van der Waals surface area contributed by atoms with Crippen LogP contribution in [0.15, 0.2) is 55.1 Å². The maximum atomic E-state index is 5.57. The van der Waals surface area contributed by atoms with Crippen molar-refractivity contribution in [3.63, 3.8) is 0 Å². The second kappa shape index (κ2) is 5.45. The number of hydrogen-bond acceptors (Lipinski definition) is 2. The van der Waals surface area contributed by atoms with E-state index >= 15 is 0 Å². The summed E-state index contributed by atoms with van der Waals surface area (Å²) in [6.07, 6.45) is 9.95. The highest BCUT2D eigenvalue weighted by Crippen LogP contribution is 2.29. The monoisotopic (exact) mass is 253 g/mol. The van der Waals surface area contributed by atoms with Gasteiger partial charge in [0.25, 0.3) is 0 Å². The van der Waals surface area contributed by atoms with Gasteiger partial charge in [0, 0.05) is 30.9 Å². The van der Waals surface area contributed by atoms with E-state index in [2.05, 4.69) is 60.0 Å². The SMILES string of the molecule is C=C1/C=C\C=C/CN(CC2CCO2)c2ccccc21. The summed E-state index contributed by atoms with van der Waals surface area (Å²) in [5, 5.41) is 0. The maximum absolute atomic E-state index is 5.57. The van der Waals surface area contributed by atoms with Crippen molar-refractivity contribution in [1.29, 1.82) is 0 Å². The molecule has 3 rings (SSSR count). The molecule has 0 radical (unpaired) electrons. The summed E-state index contributed by atoms with van der Waals surface area (Å²) >= 11 is 0. The van der Waals surface area contributed by atoms with Gasteiger partial charge >= 0.3 is 0 Å². The first-order chi connectivity index (χ1) is 9.34. The first-order valence-electron chi connectivity index (χ1n) is 6.82. The van der Waals surface area contributed by atoms with Crippen LogP contribution < -0.4 is 4.90 Å². The molecule has 0 aliphatic carbocycles. The molecule has 1 atom stereocenters. The van der Waals surface area contributed by atoms with Crippen molar-refractivity contribution in [3.05, 3.63) is 60.7 Å². The number of benzene rings is 1. The van der Waals surface area contributed by atoms with Crippen LogP contribution in [0, 0.1) is 0 Å². The minimum Gasteiger partial charge on any atom is -0.376 e. The van der Waals surface area contributed by atoms with Crippen LogP contribution >= 0.6 is 0 Å². The van der Waals surface area contributed by atoms with Gasteiger partial charge in [0.05, 0.1) is 6.10 Å². The molecule has 2 aliphatic rings. The first kappa shape index (κ1) is 12.2. The first-order valence-corrected chi connectivity index (χ1v) is 6.82. The topological polar surface area (TPSA) is 12.5 Å². The van der Waals surface area contributed by atoms with Gasteiger partial charge in [-0.1, -0.05) is 49.1 Å². The van der Waals surface area contributed by atoms with E-state index in [4.69, 9.17) is 4.74 Å². The summed E-state index contributed by atoms with van der Waals surface area (Å²) in [5.41, 5.74) is 3.52.